The van der Waals surface area contributed by atoms with Gasteiger partial charge >= 0.3 is 11.8 Å². The second-order valence-corrected chi connectivity index (χ2v) is 7.47. The molecule has 156 valence electrons. The van der Waals surface area contributed by atoms with Crippen LogP contribution in [0.1, 0.15) is 29.2 Å². The first-order valence-electron chi connectivity index (χ1n) is 9.86. The number of aromatic amines is 1. The number of nitrogens with one attached hydrogen (secondary N) is 1. The highest BCUT2D eigenvalue weighted by Gasteiger charge is 2.25. The van der Waals surface area contributed by atoms with Crippen molar-refractivity contribution < 1.29 is 9.53 Å². The molecule has 0 aliphatic carbocycles. The van der Waals surface area contributed by atoms with Crippen LogP contribution < -0.4 is 16.1 Å². The van der Waals surface area contributed by atoms with Gasteiger partial charge in [-0.25, -0.2) is 9.59 Å². The van der Waals surface area contributed by atoms with Crippen molar-refractivity contribution in [1.82, 2.24) is 14.5 Å². The molecular weight excluding hydrogens is 372 g/mol. The summed E-state index contributed by atoms with van der Waals surface area (Å²) in [7, 11) is 1.48. The smallest absolute Gasteiger partial charge is 0.409 e. The Bertz CT molecular complexity index is 996. The van der Waals surface area contributed by atoms with Crippen LogP contribution in [0.15, 0.2) is 27.8 Å². The summed E-state index contributed by atoms with van der Waals surface area (Å²) in [6.45, 7) is 8.13. The molecule has 8 heteroatoms. The summed E-state index contributed by atoms with van der Waals surface area (Å²) in [6, 6.07) is 6.20. The van der Waals surface area contributed by atoms with Crippen molar-refractivity contribution in [3.8, 4) is 0 Å². The average molecular weight is 400 g/mol. The highest BCUT2D eigenvalue weighted by atomic mass is 16.6. The van der Waals surface area contributed by atoms with Crippen molar-refractivity contribution in [1.29, 1.82) is 0 Å². The summed E-state index contributed by atoms with van der Waals surface area (Å²) in [5.41, 5.74) is 3.11. The van der Waals surface area contributed by atoms with Crippen LogP contribution in [0.4, 0.5) is 10.6 Å². The summed E-state index contributed by atoms with van der Waals surface area (Å²) in [6.07, 6.45) is 0.0967. The Morgan fingerprint density at radius 3 is 2.28 bits per heavy atom. The van der Waals surface area contributed by atoms with Crippen LogP contribution in [0, 0.1) is 13.8 Å². The Hall–Kier alpha value is -3.03. The molecule has 0 unspecified atom stereocenters. The van der Waals surface area contributed by atoms with Gasteiger partial charge in [-0.2, -0.15) is 0 Å². The van der Waals surface area contributed by atoms with Crippen LogP contribution in [-0.4, -0.2) is 53.3 Å². The normalized spacial score (nSPS) is 14.2. The molecule has 1 N–H and O–H groups in total. The van der Waals surface area contributed by atoms with E-state index in [-0.39, 0.29) is 11.7 Å². The van der Waals surface area contributed by atoms with Gasteiger partial charge in [-0.05, 0) is 26.3 Å². The van der Waals surface area contributed by atoms with Gasteiger partial charge in [0.15, 0.2) is 0 Å². The maximum atomic E-state index is 12.9. The zero-order valence-corrected chi connectivity index (χ0v) is 17.4. The van der Waals surface area contributed by atoms with Crippen LogP contribution in [-0.2, 0) is 18.2 Å². The highest BCUT2D eigenvalue weighted by Crippen LogP contribution is 2.20. The Kier molecular flexibility index (Phi) is 6.10. The summed E-state index contributed by atoms with van der Waals surface area (Å²) in [5.74, 6) is 0.542. The second-order valence-electron chi connectivity index (χ2n) is 7.47. The van der Waals surface area contributed by atoms with Crippen molar-refractivity contribution in [2.75, 3.05) is 37.7 Å². The minimum atomic E-state index is -0.443. The zero-order chi connectivity index (χ0) is 21.1. The van der Waals surface area contributed by atoms with Crippen LogP contribution in [0.25, 0.3) is 0 Å². The molecule has 0 radical (unpaired) electrons. The van der Waals surface area contributed by atoms with E-state index in [0.717, 1.165) is 21.3 Å². The van der Waals surface area contributed by atoms with Gasteiger partial charge in [0.1, 0.15) is 5.82 Å². The molecule has 29 heavy (non-hydrogen) atoms. The molecule has 1 saturated heterocycles. The van der Waals surface area contributed by atoms with E-state index >= 15 is 0 Å². The molecule has 3 rings (SSSR count). The van der Waals surface area contributed by atoms with Crippen molar-refractivity contribution >= 4 is 11.9 Å². The van der Waals surface area contributed by atoms with E-state index in [1.54, 1.807) is 11.8 Å². The van der Waals surface area contributed by atoms with E-state index in [1.165, 1.54) is 7.05 Å². The number of carbonyl (C=O) groups excluding carboxylic acids is 1. The minimum Gasteiger partial charge on any atom is -0.450 e. The summed E-state index contributed by atoms with van der Waals surface area (Å²) in [4.78, 5) is 43.6. The molecule has 1 fully saturated rings. The number of rotatable bonds is 4. The molecule has 1 aliphatic rings. The molecule has 2 heterocycles. The lowest BCUT2D eigenvalue weighted by Gasteiger charge is -2.35. The monoisotopic (exact) mass is 400 g/mol. The Balaban J connectivity index is 1.92. The molecule has 2 aromatic rings. The summed E-state index contributed by atoms with van der Waals surface area (Å²) >= 11 is 0. The van der Waals surface area contributed by atoms with Crippen molar-refractivity contribution in [3.63, 3.8) is 0 Å². The number of aryl methyl sites for hydroxylation is 2. The van der Waals surface area contributed by atoms with Gasteiger partial charge < -0.3 is 14.5 Å². The topological polar surface area (TPSA) is 87.6 Å². The van der Waals surface area contributed by atoms with Gasteiger partial charge in [0.25, 0.3) is 5.56 Å². The van der Waals surface area contributed by atoms with Gasteiger partial charge in [-0.3, -0.25) is 14.3 Å². The van der Waals surface area contributed by atoms with E-state index in [0.29, 0.717) is 50.6 Å². The molecular formula is C21H28N4O4. The predicted molar refractivity (Wildman–Crippen MR) is 112 cm³/mol. The molecule has 8 nitrogen and oxygen atoms in total. The van der Waals surface area contributed by atoms with Gasteiger partial charge in [0.05, 0.1) is 12.2 Å². The second kappa shape index (κ2) is 8.55. The van der Waals surface area contributed by atoms with Crippen LogP contribution in [0.5, 0.6) is 0 Å². The van der Waals surface area contributed by atoms with Crippen LogP contribution in [0.2, 0.25) is 0 Å². The lowest BCUT2D eigenvalue weighted by atomic mass is 10.0. The number of anilines is 1. The third-order valence-electron chi connectivity index (χ3n) is 5.16. The lowest BCUT2D eigenvalue weighted by Crippen LogP contribution is -2.50. The predicted octanol–water partition coefficient (Wildman–Crippen LogP) is 1.56. The molecule has 0 bridgehead atoms. The quantitative estimate of drug-likeness (QED) is 0.842. The largest absolute Gasteiger partial charge is 0.450 e. The van der Waals surface area contributed by atoms with E-state index in [9.17, 15) is 14.4 Å². The van der Waals surface area contributed by atoms with Crippen LogP contribution >= 0.6 is 0 Å². The SMILES string of the molecule is CCOC(=O)N1CCN(c2[nH]c(=O)n(C)c(=O)c2Cc2cc(C)cc(C)c2)CC1. The number of hydrogen-bond acceptors (Lipinski definition) is 5. The fourth-order valence-electron chi connectivity index (χ4n) is 3.79. The maximum absolute atomic E-state index is 12.9. The van der Waals surface area contributed by atoms with Gasteiger partial charge in [-0.1, -0.05) is 29.3 Å². The van der Waals surface area contributed by atoms with E-state index in [1.807, 2.05) is 18.7 Å². The van der Waals surface area contributed by atoms with Crippen molar-refractivity contribution in [2.45, 2.75) is 27.2 Å². The van der Waals surface area contributed by atoms with Gasteiger partial charge in [0, 0.05) is 39.6 Å². The first-order chi connectivity index (χ1) is 13.8. The van der Waals surface area contributed by atoms with E-state index in [2.05, 4.69) is 23.2 Å². The molecule has 1 aromatic carbocycles. The standard InChI is InChI=1S/C21H28N4O4/c1-5-29-21(28)25-8-6-24(7-9-25)18-17(19(26)23(4)20(27)22-18)13-16-11-14(2)10-15(3)12-16/h10-12H,5-9,13H2,1-4H3,(H,22,27). The van der Waals surface area contributed by atoms with E-state index in [4.69, 9.17) is 4.74 Å². The number of ether oxygens (including phenoxy) is 1. The average Bonchev–Trinajstić information content (AvgIpc) is 2.68. The summed E-state index contributed by atoms with van der Waals surface area (Å²) < 4.78 is 6.17. The molecule has 1 aromatic heterocycles. The molecule has 1 aliphatic heterocycles. The number of nitrogens with zero attached hydrogens (tertiary/aromatic N) is 3. The number of H-pyrrole nitrogens is 1. The number of piperazine rings is 1. The number of benzene rings is 1. The first kappa shape index (κ1) is 20.7. The Morgan fingerprint density at radius 2 is 1.69 bits per heavy atom. The van der Waals surface area contributed by atoms with Crippen molar-refractivity contribution in [3.05, 3.63) is 61.3 Å². The Morgan fingerprint density at radius 1 is 1.07 bits per heavy atom. The van der Waals surface area contributed by atoms with Gasteiger partial charge in [0.2, 0.25) is 0 Å². The first-order valence-corrected chi connectivity index (χ1v) is 9.86. The number of aromatic nitrogens is 2. The third-order valence-corrected chi connectivity index (χ3v) is 5.16. The number of hydrogen-bond donors (Lipinski definition) is 1. The fourth-order valence-corrected chi connectivity index (χ4v) is 3.79. The summed E-state index contributed by atoms with van der Waals surface area (Å²) in [5, 5.41) is 0. The molecule has 1 amide bonds. The highest BCUT2D eigenvalue weighted by molar-refractivity contribution is 5.68. The lowest BCUT2D eigenvalue weighted by molar-refractivity contribution is 0.105. The number of carbonyl (C=O) groups is 1. The van der Waals surface area contributed by atoms with Crippen molar-refractivity contribution in [2.24, 2.45) is 7.05 Å². The molecule has 0 saturated carbocycles. The van der Waals surface area contributed by atoms with Gasteiger partial charge in [-0.15, -0.1) is 0 Å². The third kappa shape index (κ3) is 4.52. The Labute approximate surface area is 169 Å². The fraction of sp³-hybridized carbons (Fsp3) is 0.476. The molecule has 0 atom stereocenters. The maximum Gasteiger partial charge on any atom is 0.409 e. The minimum absolute atomic E-state index is 0.296. The number of amides is 1. The van der Waals surface area contributed by atoms with E-state index < -0.39 is 5.69 Å². The van der Waals surface area contributed by atoms with Crippen LogP contribution in [0.3, 0.4) is 0 Å². The molecule has 0 spiro atoms. The zero-order valence-electron chi connectivity index (χ0n) is 17.4.